The maximum Gasteiger partial charge on any atom is 0.351 e. The van der Waals surface area contributed by atoms with Crippen molar-refractivity contribution in [1.29, 1.82) is 0 Å². The summed E-state index contributed by atoms with van der Waals surface area (Å²) in [7, 11) is 0. The molecule has 6 heteroatoms. The molecule has 0 aliphatic rings. The zero-order chi connectivity index (χ0) is 12.8. The van der Waals surface area contributed by atoms with Crippen molar-refractivity contribution in [2.45, 2.75) is 38.8 Å². The Morgan fingerprint density at radius 3 is 2.38 bits per heavy atom. The topological polar surface area (TPSA) is 52.6 Å². The number of alkyl halides is 1. The van der Waals surface area contributed by atoms with E-state index in [1.165, 1.54) is 0 Å². The van der Waals surface area contributed by atoms with Gasteiger partial charge in [-0.25, -0.2) is 9.18 Å². The molecular weight excluding hydrogens is 235 g/mol. The van der Waals surface area contributed by atoms with Gasteiger partial charge < -0.3 is 9.47 Å². The van der Waals surface area contributed by atoms with Crippen molar-refractivity contribution in [3.63, 3.8) is 0 Å². The molecule has 0 aromatic carbocycles. The van der Waals surface area contributed by atoms with Crippen LogP contribution < -0.4 is 0 Å². The van der Waals surface area contributed by atoms with Gasteiger partial charge in [-0.2, -0.15) is 0 Å². The Hall–Kier alpha value is -0.780. The van der Waals surface area contributed by atoms with Crippen LogP contribution in [0, 0.1) is 0 Å². The van der Waals surface area contributed by atoms with Gasteiger partial charge in [0, 0.05) is 0 Å². The van der Waals surface area contributed by atoms with Crippen LogP contribution in [0.4, 0.5) is 4.39 Å². The fourth-order valence-electron chi connectivity index (χ4n) is 0.788. The highest BCUT2D eigenvalue weighted by Gasteiger charge is 2.22. The highest BCUT2D eigenvalue weighted by atomic mass is 32.2. The summed E-state index contributed by atoms with van der Waals surface area (Å²) in [4.78, 5) is 22.1. The number of carbonyl (C=O) groups excluding carboxylic acids is 2. The van der Waals surface area contributed by atoms with E-state index in [9.17, 15) is 14.0 Å². The van der Waals surface area contributed by atoms with Gasteiger partial charge in [0.05, 0.1) is 12.4 Å². The van der Waals surface area contributed by atoms with E-state index in [1.54, 1.807) is 27.7 Å². The van der Waals surface area contributed by atoms with Crippen molar-refractivity contribution >= 4 is 23.7 Å². The lowest BCUT2D eigenvalue weighted by molar-refractivity contribution is -0.151. The SMILES string of the molecule is CCOC(=O)[C@H](F)SCC(=O)OC(C)(C)C. The average molecular weight is 252 g/mol. The lowest BCUT2D eigenvalue weighted by atomic mass is 10.2. The smallest absolute Gasteiger partial charge is 0.351 e. The number of hydrogen-bond donors (Lipinski definition) is 0. The quantitative estimate of drug-likeness (QED) is 0.700. The Labute approximate surface area is 98.9 Å². The molecule has 0 aliphatic heterocycles. The van der Waals surface area contributed by atoms with Crippen molar-refractivity contribution < 1.29 is 23.5 Å². The van der Waals surface area contributed by atoms with Crippen molar-refractivity contribution in [1.82, 2.24) is 0 Å². The van der Waals surface area contributed by atoms with Gasteiger partial charge in [-0.05, 0) is 27.7 Å². The zero-order valence-electron chi connectivity index (χ0n) is 9.91. The van der Waals surface area contributed by atoms with E-state index >= 15 is 0 Å². The minimum absolute atomic E-state index is 0.117. The lowest BCUT2D eigenvalue weighted by Gasteiger charge is -2.19. The normalized spacial score (nSPS) is 13.1. The van der Waals surface area contributed by atoms with E-state index in [0.717, 1.165) is 0 Å². The second-order valence-corrected chi connectivity index (χ2v) is 5.00. The molecular formula is C10H17FO4S. The summed E-state index contributed by atoms with van der Waals surface area (Å²) >= 11 is 0.558. The van der Waals surface area contributed by atoms with Gasteiger partial charge in [0.25, 0.3) is 0 Å². The third-order valence-corrected chi connectivity index (χ3v) is 2.13. The van der Waals surface area contributed by atoms with Gasteiger partial charge >= 0.3 is 11.9 Å². The Kier molecular flexibility index (Phi) is 6.40. The van der Waals surface area contributed by atoms with Crippen molar-refractivity contribution in [2.75, 3.05) is 12.4 Å². The molecule has 0 N–H and O–H groups in total. The van der Waals surface area contributed by atoms with Crippen LogP contribution in [0.3, 0.4) is 0 Å². The number of ether oxygens (including phenoxy) is 2. The number of carbonyl (C=O) groups is 2. The lowest BCUT2D eigenvalue weighted by Crippen LogP contribution is -2.26. The molecule has 0 saturated heterocycles. The van der Waals surface area contributed by atoms with Crippen LogP contribution in [0.5, 0.6) is 0 Å². The van der Waals surface area contributed by atoms with Crippen LogP contribution in [0.25, 0.3) is 0 Å². The first-order chi connectivity index (χ1) is 7.26. The number of halogens is 1. The summed E-state index contributed by atoms with van der Waals surface area (Å²) in [6, 6.07) is 0. The van der Waals surface area contributed by atoms with Crippen LogP contribution >= 0.6 is 11.8 Å². The standard InChI is InChI=1S/C10H17FO4S/c1-5-14-9(13)8(11)16-6-7(12)15-10(2,3)4/h8H,5-6H2,1-4H3/t8-/m1/s1. The average Bonchev–Trinajstić information content (AvgIpc) is 2.11. The maximum atomic E-state index is 13.1. The van der Waals surface area contributed by atoms with Gasteiger partial charge in [-0.1, -0.05) is 0 Å². The summed E-state index contributed by atoms with van der Waals surface area (Å²) in [6.07, 6.45) is 0. The first-order valence-corrected chi connectivity index (χ1v) is 5.95. The molecule has 0 unspecified atom stereocenters. The Morgan fingerprint density at radius 2 is 1.94 bits per heavy atom. The van der Waals surface area contributed by atoms with Crippen molar-refractivity contribution in [3.8, 4) is 0 Å². The number of rotatable bonds is 5. The van der Waals surface area contributed by atoms with Gasteiger partial charge in [0.15, 0.2) is 0 Å². The second-order valence-electron chi connectivity index (χ2n) is 3.97. The van der Waals surface area contributed by atoms with Gasteiger partial charge in [0.2, 0.25) is 5.50 Å². The van der Waals surface area contributed by atoms with Crippen LogP contribution in [0.2, 0.25) is 0 Å². The molecule has 0 aromatic rings. The number of esters is 2. The number of hydrogen-bond acceptors (Lipinski definition) is 5. The molecule has 0 aliphatic carbocycles. The molecule has 0 spiro atoms. The van der Waals surface area contributed by atoms with E-state index in [4.69, 9.17) is 4.74 Å². The Bertz CT molecular complexity index is 250. The van der Waals surface area contributed by atoms with Gasteiger partial charge in [0.1, 0.15) is 5.60 Å². The highest BCUT2D eigenvalue weighted by molar-refractivity contribution is 8.01. The predicted molar refractivity (Wildman–Crippen MR) is 59.8 cm³/mol. The Balaban J connectivity index is 3.88. The molecule has 0 aromatic heterocycles. The summed E-state index contributed by atoms with van der Waals surface area (Å²) in [5.41, 5.74) is -2.44. The molecule has 0 heterocycles. The van der Waals surface area contributed by atoms with E-state index in [-0.39, 0.29) is 12.4 Å². The molecule has 0 bridgehead atoms. The molecule has 0 fully saturated rings. The van der Waals surface area contributed by atoms with E-state index < -0.39 is 23.0 Å². The van der Waals surface area contributed by atoms with Crippen LogP contribution in [0.1, 0.15) is 27.7 Å². The van der Waals surface area contributed by atoms with Crippen LogP contribution in [0.15, 0.2) is 0 Å². The predicted octanol–water partition coefficient (Wildman–Crippen LogP) is 1.92. The largest absolute Gasteiger partial charge is 0.463 e. The number of thioether (sulfide) groups is 1. The third-order valence-electron chi connectivity index (χ3n) is 1.24. The summed E-state index contributed by atoms with van der Waals surface area (Å²) in [5.74, 6) is -1.72. The minimum atomic E-state index is -1.84. The van der Waals surface area contributed by atoms with E-state index in [2.05, 4.69) is 4.74 Å². The third kappa shape index (κ3) is 7.50. The molecule has 0 amide bonds. The fraction of sp³-hybridized carbons (Fsp3) is 0.800. The van der Waals surface area contributed by atoms with Crippen LogP contribution in [-0.2, 0) is 19.1 Å². The molecule has 4 nitrogen and oxygen atoms in total. The highest BCUT2D eigenvalue weighted by Crippen LogP contribution is 2.16. The zero-order valence-corrected chi connectivity index (χ0v) is 10.7. The van der Waals surface area contributed by atoms with Crippen molar-refractivity contribution in [2.24, 2.45) is 0 Å². The second kappa shape index (κ2) is 6.73. The summed E-state index contributed by atoms with van der Waals surface area (Å²) in [5, 5.41) is 0. The van der Waals surface area contributed by atoms with Crippen LogP contribution in [-0.4, -0.2) is 35.4 Å². The first kappa shape index (κ1) is 15.2. The minimum Gasteiger partial charge on any atom is -0.463 e. The maximum absolute atomic E-state index is 13.1. The summed E-state index contributed by atoms with van der Waals surface area (Å²) in [6.45, 7) is 6.85. The van der Waals surface area contributed by atoms with Gasteiger partial charge in [-0.3, -0.25) is 4.79 Å². The van der Waals surface area contributed by atoms with Crippen molar-refractivity contribution in [3.05, 3.63) is 0 Å². The molecule has 16 heavy (non-hydrogen) atoms. The van der Waals surface area contributed by atoms with E-state index in [0.29, 0.717) is 11.8 Å². The molecule has 1 atom stereocenters. The monoisotopic (exact) mass is 252 g/mol. The Morgan fingerprint density at radius 1 is 1.38 bits per heavy atom. The molecule has 94 valence electrons. The van der Waals surface area contributed by atoms with Gasteiger partial charge in [-0.15, -0.1) is 11.8 Å². The molecule has 0 radical (unpaired) electrons. The molecule has 0 saturated carbocycles. The fourth-order valence-corrected chi connectivity index (χ4v) is 1.33. The molecule has 0 rings (SSSR count). The van der Waals surface area contributed by atoms with E-state index in [1.807, 2.05) is 0 Å². The summed E-state index contributed by atoms with van der Waals surface area (Å²) < 4.78 is 22.5. The first-order valence-electron chi connectivity index (χ1n) is 4.90.